The fraction of sp³-hybridized carbons (Fsp3) is 0.300. The van der Waals surface area contributed by atoms with Gasteiger partial charge in [-0.25, -0.2) is 8.42 Å². The molecule has 0 atom stereocenters. The zero-order chi connectivity index (χ0) is 22.8. The zero-order valence-corrected chi connectivity index (χ0v) is 18.2. The predicted molar refractivity (Wildman–Crippen MR) is 114 cm³/mol. The predicted octanol–water partition coefficient (Wildman–Crippen LogP) is 0.804. The minimum Gasteiger partial charge on any atom is -0.348 e. The molecule has 2 heterocycles. The second kappa shape index (κ2) is 8.91. The van der Waals surface area contributed by atoms with Gasteiger partial charge in [0.1, 0.15) is 27.2 Å². The number of pyridine rings is 1. The number of amides is 2. The summed E-state index contributed by atoms with van der Waals surface area (Å²) in [4.78, 5) is 39.5. The van der Waals surface area contributed by atoms with Gasteiger partial charge in [-0.05, 0) is 23.8 Å². The van der Waals surface area contributed by atoms with Crippen molar-refractivity contribution in [1.82, 2.24) is 14.8 Å². The molecule has 1 aromatic carbocycles. The molecule has 0 fully saturated rings. The van der Waals surface area contributed by atoms with E-state index in [1.807, 2.05) is 6.07 Å². The van der Waals surface area contributed by atoms with E-state index in [0.717, 1.165) is 22.5 Å². The first kappa shape index (κ1) is 22.5. The lowest BCUT2D eigenvalue weighted by molar-refractivity contribution is 0.0709. The van der Waals surface area contributed by atoms with Crippen LogP contribution in [0.15, 0.2) is 35.1 Å². The number of halogens is 1. The molecule has 1 aromatic heterocycles. The van der Waals surface area contributed by atoms with Crippen LogP contribution in [-0.2, 0) is 22.9 Å². The van der Waals surface area contributed by atoms with Gasteiger partial charge in [-0.3, -0.25) is 14.4 Å². The first-order valence-electron chi connectivity index (χ1n) is 9.28. The normalized spacial score (nSPS) is 13.5. The van der Waals surface area contributed by atoms with Crippen LogP contribution in [-0.4, -0.2) is 54.8 Å². The van der Waals surface area contributed by atoms with Gasteiger partial charge in [0.15, 0.2) is 0 Å². The number of nitrogens with one attached hydrogen (secondary N) is 1. The molecule has 0 bridgehead atoms. The summed E-state index contributed by atoms with van der Waals surface area (Å²) >= 11 is 5.83. The van der Waals surface area contributed by atoms with Gasteiger partial charge in [-0.15, -0.1) is 0 Å². The standard InChI is InChI=1S/C20H19ClN4O5S/c1-31(29,30)9-8-24-6-7-25-17(20(24)28)14(11-22)10-16(19(25)27)18(26)23-12-13-2-4-15(21)5-3-13/h2-5,10H,6-9,12H2,1H3,(H,23,26). The molecule has 1 aliphatic heterocycles. The third kappa shape index (κ3) is 5.13. The molecule has 0 saturated heterocycles. The second-order valence-electron chi connectivity index (χ2n) is 7.12. The third-order valence-corrected chi connectivity index (χ3v) is 6.01. The van der Waals surface area contributed by atoms with Crippen molar-refractivity contribution in [2.75, 3.05) is 25.1 Å². The maximum Gasteiger partial charge on any atom is 0.272 e. The van der Waals surface area contributed by atoms with E-state index in [1.54, 1.807) is 24.3 Å². The van der Waals surface area contributed by atoms with Crippen LogP contribution in [0.5, 0.6) is 0 Å². The number of sulfone groups is 1. The highest BCUT2D eigenvalue weighted by molar-refractivity contribution is 7.90. The van der Waals surface area contributed by atoms with Crippen molar-refractivity contribution in [3.8, 4) is 6.07 Å². The number of fused-ring (bicyclic) bond motifs is 1. The van der Waals surface area contributed by atoms with Crippen molar-refractivity contribution < 1.29 is 18.0 Å². The maximum absolute atomic E-state index is 12.9. The Hall–Kier alpha value is -3.16. The molecule has 3 rings (SSSR count). The van der Waals surface area contributed by atoms with Crippen LogP contribution in [0.3, 0.4) is 0 Å². The lowest BCUT2D eigenvalue weighted by atomic mass is 10.1. The van der Waals surface area contributed by atoms with E-state index in [-0.39, 0.29) is 48.8 Å². The molecular weight excluding hydrogens is 444 g/mol. The molecule has 1 aliphatic rings. The molecule has 2 amide bonds. The van der Waals surface area contributed by atoms with E-state index in [2.05, 4.69) is 5.32 Å². The summed E-state index contributed by atoms with van der Waals surface area (Å²) in [5.41, 5.74) is -0.412. The van der Waals surface area contributed by atoms with Gasteiger partial charge >= 0.3 is 0 Å². The van der Waals surface area contributed by atoms with E-state index in [1.165, 1.54) is 4.90 Å². The molecule has 1 N–H and O–H groups in total. The molecule has 0 unspecified atom stereocenters. The first-order chi connectivity index (χ1) is 14.6. The van der Waals surface area contributed by atoms with Gasteiger partial charge < -0.3 is 14.8 Å². The molecule has 9 nitrogen and oxygen atoms in total. The summed E-state index contributed by atoms with van der Waals surface area (Å²) in [5.74, 6) is -1.51. The van der Waals surface area contributed by atoms with Crippen molar-refractivity contribution in [3.63, 3.8) is 0 Å². The summed E-state index contributed by atoms with van der Waals surface area (Å²) in [7, 11) is -3.29. The van der Waals surface area contributed by atoms with Crippen LogP contribution >= 0.6 is 11.6 Å². The Morgan fingerprint density at radius 1 is 1.23 bits per heavy atom. The topological polar surface area (TPSA) is 129 Å². The van der Waals surface area contributed by atoms with Crippen LogP contribution in [0, 0.1) is 11.3 Å². The summed E-state index contributed by atoms with van der Waals surface area (Å²) in [6.07, 6.45) is 1.06. The summed E-state index contributed by atoms with van der Waals surface area (Å²) in [6, 6.07) is 9.76. The van der Waals surface area contributed by atoms with Crippen LogP contribution in [0.25, 0.3) is 0 Å². The maximum atomic E-state index is 12.9. The van der Waals surface area contributed by atoms with Crippen LogP contribution in [0.1, 0.15) is 32.0 Å². The zero-order valence-electron chi connectivity index (χ0n) is 16.6. The number of rotatable bonds is 6. The molecule has 2 aromatic rings. The van der Waals surface area contributed by atoms with Crippen molar-refractivity contribution in [3.05, 3.63) is 68.1 Å². The van der Waals surface area contributed by atoms with Crippen LogP contribution in [0.4, 0.5) is 0 Å². The number of carbonyl (C=O) groups excluding carboxylic acids is 2. The molecule has 31 heavy (non-hydrogen) atoms. The summed E-state index contributed by atoms with van der Waals surface area (Å²) in [5, 5.41) is 12.7. The van der Waals surface area contributed by atoms with Crippen molar-refractivity contribution in [1.29, 1.82) is 5.26 Å². The monoisotopic (exact) mass is 462 g/mol. The molecular formula is C20H19ClN4O5S. The number of hydrogen-bond acceptors (Lipinski definition) is 6. The smallest absolute Gasteiger partial charge is 0.272 e. The lowest BCUT2D eigenvalue weighted by Crippen LogP contribution is -2.48. The number of nitriles is 1. The Balaban J connectivity index is 1.87. The number of benzene rings is 1. The van der Waals surface area contributed by atoms with E-state index in [9.17, 15) is 28.1 Å². The highest BCUT2D eigenvalue weighted by Crippen LogP contribution is 2.16. The van der Waals surface area contributed by atoms with Gasteiger partial charge in [-0.2, -0.15) is 5.26 Å². The molecule has 0 radical (unpaired) electrons. The largest absolute Gasteiger partial charge is 0.348 e. The first-order valence-corrected chi connectivity index (χ1v) is 11.7. The fourth-order valence-corrected chi connectivity index (χ4v) is 3.88. The van der Waals surface area contributed by atoms with Crippen LogP contribution < -0.4 is 10.9 Å². The average Bonchev–Trinajstić information content (AvgIpc) is 2.72. The average molecular weight is 463 g/mol. The third-order valence-electron chi connectivity index (χ3n) is 4.84. The molecule has 0 spiro atoms. The molecule has 162 valence electrons. The van der Waals surface area contributed by atoms with Gasteiger partial charge in [0.05, 0.1) is 11.3 Å². The Labute approximate surface area is 183 Å². The van der Waals surface area contributed by atoms with Crippen molar-refractivity contribution in [2.24, 2.45) is 0 Å². The molecule has 0 saturated carbocycles. The highest BCUT2D eigenvalue weighted by atomic mass is 35.5. The van der Waals surface area contributed by atoms with E-state index < -0.39 is 27.2 Å². The quantitative estimate of drug-likeness (QED) is 0.676. The molecule has 0 aliphatic carbocycles. The Morgan fingerprint density at radius 2 is 1.90 bits per heavy atom. The van der Waals surface area contributed by atoms with Crippen LogP contribution in [0.2, 0.25) is 5.02 Å². The van der Waals surface area contributed by atoms with Gasteiger partial charge in [0.25, 0.3) is 17.4 Å². The minimum atomic E-state index is -3.29. The lowest BCUT2D eigenvalue weighted by Gasteiger charge is -2.30. The Bertz CT molecular complexity index is 1250. The Morgan fingerprint density at radius 3 is 2.52 bits per heavy atom. The van der Waals surface area contributed by atoms with E-state index in [0.29, 0.717) is 5.02 Å². The summed E-state index contributed by atoms with van der Waals surface area (Å²) < 4.78 is 23.9. The van der Waals surface area contributed by atoms with Crippen molar-refractivity contribution in [2.45, 2.75) is 13.1 Å². The number of nitrogens with zero attached hydrogens (tertiary/aromatic N) is 3. The second-order valence-corrected chi connectivity index (χ2v) is 9.82. The SMILES string of the molecule is CS(=O)(=O)CCN1CCn2c(c(C#N)cc(C(=O)NCc3ccc(Cl)cc3)c2=O)C1=O. The number of hydrogen-bond donors (Lipinski definition) is 1. The fourth-order valence-electron chi connectivity index (χ4n) is 3.20. The number of aromatic nitrogens is 1. The van der Waals surface area contributed by atoms with Gasteiger partial charge in [0.2, 0.25) is 0 Å². The molecule has 11 heteroatoms. The van der Waals surface area contributed by atoms with E-state index >= 15 is 0 Å². The van der Waals surface area contributed by atoms with Gasteiger partial charge in [0, 0.05) is 37.5 Å². The van der Waals surface area contributed by atoms with Gasteiger partial charge in [-0.1, -0.05) is 23.7 Å². The number of carbonyl (C=O) groups is 2. The van der Waals surface area contributed by atoms with Crippen molar-refractivity contribution >= 4 is 33.3 Å². The Kier molecular flexibility index (Phi) is 6.48. The summed E-state index contributed by atoms with van der Waals surface area (Å²) in [6.45, 7) is 0.260. The minimum absolute atomic E-state index is 0.0416. The van der Waals surface area contributed by atoms with E-state index in [4.69, 9.17) is 11.6 Å². The highest BCUT2D eigenvalue weighted by Gasteiger charge is 2.31.